The van der Waals surface area contributed by atoms with E-state index in [9.17, 15) is 0 Å². The molecule has 0 saturated heterocycles. The van der Waals surface area contributed by atoms with Crippen molar-refractivity contribution in [2.75, 3.05) is 0 Å². The van der Waals surface area contributed by atoms with E-state index in [0.29, 0.717) is 0 Å². The summed E-state index contributed by atoms with van der Waals surface area (Å²) in [6, 6.07) is 4.48. The lowest BCUT2D eigenvalue weighted by Crippen LogP contribution is -2.37. The lowest BCUT2D eigenvalue weighted by atomic mass is 9.98. The standard InChI is InChI=1S/C20H30N/c1-7-10-19(16(4)5)20-14-13-18(15-21(20)9-3)12-11-17(6)8-2/h7,10,13-15,17H,1,4,8-9,11-12H2,2-3,5-6H3/q+1/b19-10+/t17-/m0/s1. The molecule has 1 heterocycles. The van der Waals surface area contributed by atoms with E-state index in [1.807, 2.05) is 19.1 Å². The number of pyridine rings is 1. The summed E-state index contributed by atoms with van der Waals surface area (Å²) in [4.78, 5) is 0. The van der Waals surface area contributed by atoms with E-state index in [-0.39, 0.29) is 0 Å². The van der Waals surface area contributed by atoms with Crippen molar-refractivity contribution in [2.45, 2.75) is 53.5 Å². The average Bonchev–Trinajstić information content (AvgIpc) is 2.49. The molecule has 1 nitrogen and oxygen atoms in total. The Kier molecular flexibility index (Phi) is 7.14. The average molecular weight is 284 g/mol. The van der Waals surface area contributed by atoms with E-state index < -0.39 is 0 Å². The van der Waals surface area contributed by atoms with Crippen molar-refractivity contribution in [3.63, 3.8) is 0 Å². The summed E-state index contributed by atoms with van der Waals surface area (Å²) < 4.78 is 2.32. The Morgan fingerprint density at radius 3 is 2.57 bits per heavy atom. The molecule has 0 radical (unpaired) electrons. The Labute approximate surface area is 130 Å². The van der Waals surface area contributed by atoms with Gasteiger partial charge < -0.3 is 0 Å². The van der Waals surface area contributed by atoms with Crippen LogP contribution in [0.4, 0.5) is 0 Å². The van der Waals surface area contributed by atoms with E-state index >= 15 is 0 Å². The van der Waals surface area contributed by atoms with Gasteiger partial charge in [0.2, 0.25) is 5.69 Å². The molecule has 0 fully saturated rings. The molecule has 0 aliphatic rings. The summed E-state index contributed by atoms with van der Waals surface area (Å²) in [5.74, 6) is 0.798. The van der Waals surface area contributed by atoms with Crippen LogP contribution in [0.2, 0.25) is 0 Å². The van der Waals surface area contributed by atoms with Crippen LogP contribution in [0.5, 0.6) is 0 Å². The van der Waals surface area contributed by atoms with Gasteiger partial charge in [-0.3, -0.25) is 0 Å². The van der Waals surface area contributed by atoms with Crippen LogP contribution in [0.25, 0.3) is 5.57 Å². The van der Waals surface area contributed by atoms with Crippen molar-refractivity contribution in [3.05, 3.63) is 60.5 Å². The van der Waals surface area contributed by atoms with Crippen molar-refractivity contribution in [1.29, 1.82) is 0 Å². The highest BCUT2D eigenvalue weighted by Crippen LogP contribution is 2.20. The zero-order valence-electron chi connectivity index (χ0n) is 14.2. The van der Waals surface area contributed by atoms with Crippen LogP contribution in [-0.4, -0.2) is 0 Å². The number of rotatable bonds is 8. The first-order valence-corrected chi connectivity index (χ1v) is 8.04. The molecule has 0 N–H and O–H groups in total. The van der Waals surface area contributed by atoms with Gasteiger partial charge in [0.05, 0.1) is 0 Å². The fourth-order valence-corrected chi connectivity index (χ4v) is 2.43. The molecule has 0 bridgehead atoms. The molecule has 0 aromatic carbocycles. The third-order valence-electron chi connectivity index (χ3n) is 4.07. The molecule has 1 aromatic heterocycles. The zero-order chi connectivity index (χ0) is 15.8. The maximum Gasteiger partial charge on any atom is 0.212 e. The molecule has 0 unspecified atom stereocenters. The van der Waals surface area contributed by atoms with Crippen LogP contribution in [0, 0.1) is 5.92 Å². The van der Waals surface area contributed by atoms with Crippen molar-refractivity contribution in [2.24, 2.45) is 5.92 Å². The van der Waals surface area contributed by atoms with Crippen LogP contribution in [-0.2, 0) is 13.0 Å². The van der Waals surface area contributed by atoms with E-state index in [2.05, 4.69) is 56.8 Å². The van der Waals surface area contributed by atoms with E-state index in [1.54, 1.807) is 0 Å². The monoisotopic (exact) mass is 284 g/mol. The molecule has 0 aliphatic carbocycles. The molecule has 1 aromatic rings. The molecule has 114 valence electrons. The lowest BCUT2D eigenvalue weighted by Gasteiger charge is -2.10. The van der Waals surface area contributed by atoms with E-state index in [4.69, 9.17) is 0 Å². The van der Waals surface area contributed by atoms with Gasteiger partial charge in [-0.15, -0.1) is 0 Å². The van der Waals surface area contributed by atoms with Gasteiger partial charge in [-0.05, 0) is 50.3 Å². The topological polar surface area (TPSA) is 3.88 Å². The first-order valence-electron chi connectivity index (χ1n) is 8.04. The van der Waals surface area contributed by atoms with Gasteiger partial charge in [-0.1, -0.05) is 39.5 Å². The quantitative estimate of drug-likeness (QED) is 0.461. The number of aryl methyl sites for hydroxylation is 2. The first-order chi connectivity index (χ1) is 10.0. The second kappa shape index (κ2) is 8.61. The van der Waals surface area contributed by atoms with E-state index in [1.165, 1.54) is 29.7 Å². The predicted molar refractivity (Wildman–Crippen MR) is 93.1 cm³/mol. The Morgan fingerprint density at radius 2 is 2.05 bits per heavy atom. The maximum absolute atomic E-state index is 4.09. The van der Waals surface area contributed by atoms with Gasteiger partial charge in [0.1, 0.15) is 6.54 Å². The minimum Gasteiger partial charge on any atom is -0.198 e. The third kappa shape index (κ3) is 5.00. The Balaban J connectivity index is 3.06. The molecule has 21 heavy (non-hydrogen) atoms. The molecule has 0 saturated carbocycles. The highest BCUT2D eigenvalue weighted by Gasteiger charge is 2.15. The van der Waals surface area contributed by atoms with Crippen LogP contribution in [0.1, 0.15) is 51.8 Å². The second-order valence-corrected chi connectivity index (χ2v) is 5.86. The molecule has 1 heteroatoms. The summed E-state index contributed by atoms with van der Waals surface area (Å²) in [5, 5.41) is 0. The normalized spacial score (nSPS) is 13.0. The molecular formula is C20H30N+. The van der Waals surface area contributed by atoms with E-state index in [0.717, 1.165) is 24.5 Å². The Bertz CT molecular complexity index is 523. The van der Waals surface area contributed by atoms with Crippen LogP contribution in [0.3, 0.4) is 0 Å². The number of nitrogens with zero attached hydrogens (tertiary/aromatic N) is 1. The van der Waals surface area contributed by atoms with Gasteiger partial charge in [-0.25, -0.2) is 0 Å². The summed E-state index contributed by atoms with van der Waals surface area (Å²) in [6.07, 6.45) is 9.84. The lowest BCUT2D eigenvalue weighted by molar-refractivity contribution is -0.696. The van der Waals surface area contributed by atoms with Crippen LogP contribution in [0.15, 0.2) is 49.2 Å². The Hall–Kier alpha value is -1.63. The smallest absolute Gasteiger partial charge is 0.198 e. The number of hydrogen-bond donors (Lipinski definition) is 0. The van der Waals surface area contributed by atoms with Gasteiger partial charge in [0.15, 0.2) is 6.20 Å². The second-order valence-electron chi connectivity index (χ2n) is 5.86. The summed E-state index contributed by atoms with van der Waals surface area (Å²) in [6.45, 7) is 17.7. The van der Waals surface area contributed by atoms with Crippen molar-refractivity contribution < 1.29 is 4.57 Å². The Morgan fingerprint density at radius 1 is 1.33 bits per heavy atom. The number of hydrogen-bond acceptors (Lipinski definition) is 0. The third-order valence-corrected chi connectivity index (χ3v) is 4.07. The minimum atomic E-state index is 0.798. The van der Waals surface area contributed by atoms with Gasteiger partial charge in [0, 0.05) is 17.2 Å². The van der Waals surface area contributed by atoms with Crippen molar-refractivity contribution >= 4 is 5.57 Å². The predicted octanol–water partition coefficient (Wildman–Crippen LogP) is 5.12. The van der Waals surface area contributed by atoms with Crippen molar-refractivity contribution in [1.82, 2.24) is 0 Å². The van der Waals surface area contributed by atoms with Gasteiger partial charge >= 0.3 is 0 Å². The highest BCUT2D eigenvalue weighted by molar-refractivity contribution is 5.75. The largest absolute Gasteiger partial charge is 0.212 e. The van der Waals surface area contributed by atoms with Crippen LogP contribution >= 0.6 is 0 Å². The highest BCUT2D eigenvalue weighted by atomic mass is 14.9. The summed E-state index contributed by atoms with van der Waals surface area (Å²) >= 11 is 0. The first kappa shape index (κ1) is 17.4. The molecular weight excluding hydrogens is 254 g/mol. The fourth-order valence-electron chi connectivity index (χ4n) is 2.43. The fraction of sp³-hybridized carbons (Fsp3) is 0.450. The van der Waals surface area contributed by atoms with Crippen molar-refractivity contribution in [3.8, 4) is 0 Å². The molecule has 0 spiro atoms. The summed E-state index contributed by atoms with van der Waals surface area (Å²) in [7, 11) is 0. The summed E-state index contributed by atoms with van der Waals surface area (Å²) in [5.41, 5.74) is 4.88. The number of aromatic nitrogens is 1. The minimum absolute atomic E-state index is 0.798. The maximum atomic E-state index is 4.09. The van der Waals surface area contributed by atoms with Crippen LogP contribution < -0.4 is 4.57 Å². The molecule has 0 amide bonds. The number of allylic oxidation sites excluding steroid dienone is 4. The molecule has 0 aliphatic heterocycles. The molecule has 1 rings (SSSR count). The molecule has 1 atom stereocenters. The van der Waals surface area contributed by atoms with Gasteiger partial charge in [-0.2, -0.15) is 4.57 Å². The zero-order valence-corrected chi connectivity index (χ0v) is 14.2. The van der Waals surface area contributed by atoms with Gasteiger partial charge in [0.25, 0.3) is 0 Å². The SMILES string of the molecule is C=C/C=C(\C(=C)C)c1ccc(CC[C@@H](C)CC)c[n+]1CC.